The van der Waals surface area contributed by atoms with Crippen molar-refractivity contribution in [3.8, 4) is 0 Å². The largest absolute Gasteiger partial charge is 0.356 e. The molecule has 1 fully saturated rings. The van der Waals surface area contributed by atoms with E-state index in [0.717, 1.165) is 0 Å². The van der Waals surface area contributed by atoms with E-state index in [0.29, 0.717) is 44.7 Å². The molecule has 0 spiro atoms. The molecule has 0 aromatic heterocycles. The molecule has 1 aromatic rings. The van der Waals surface area contributed by atoms with Crippen molar-refractivity contribution in [2.24, 2.45) is 0 Å². The minimum atomic E-state index is -0.281. The summed E-state index contributed by atoms with van der Waals surface area (Å²) < 4.78 is 13.5. The van der Waals surface area contributed by atoms with Crippen LogP contribution in [0.1, 0.15) is 25.3 Å². The molecule has 25 heavy (non-hydrogen) atoms. The van der Waals surface area contributed by atoms with Gasteiger partial charge in [0.15, 0.2) is 0 Å². The minimum Gasteiger partial charge on any atom is -0.356 e. The molecule has 0 radical (unpaired) electrons. The fourth-order valence-electron chi connectivity index (χ4n) is 2.78. The molecule has 1 aliphatic heterocycles. The molecule has 1 heterocycles. The van der Waals surface area contributed by atoms with Crippen LogP contribution in [0.5, 0.6) is 0 Å². The summed E-state index contributed by atoms with van der Waals surface area (Å²) in [7, 11) is 0. The van der Waals surface area contributed by atoms with Crippen molar-refractivity contribution >= 4 is 17.7 Å². The first-order valence-electron chi connectivity index (χ1n) is 8.51. The molecular formula is C18H24FN3O3. The van der Waals surface area contributed by atoms with E-state index in [4.69, 9.17) is 0 Å². The molecule has 1 N–H and O–H groups in total. The Bertz CT molecular complexity index is 628. The lowest BCUT2D eigenvalue weighted by Gasteiger charge is -2.34. The van der Waals surface area contributed by atoms with E-state index in [2.05, 4.69) is 5.32 Å². The molecule has 0 saturated carbocycles. The summed E-state index contributed by atoms with van der Waals surface area (Å²) in [5, 5.41) is 2.71. The lowest BCUT2D eigenvalue weighted by Crippen LogP contribution is -2.50. The maximum absolute atomic E-state index is 13.5. The molecule has 0 unspecified atom stereocenters. The summed E-state index contributed by atoms with van der Waals surface area (Å²) in [5.41, 5.74) is 0.558. The van der Waals surface area contributed by atoms with Crippen LogP contribution in [-0.2, 0) is 20.8 Å². The zero-order valence-corrected chi connectivity index (χ0v) is 14.5. The van der Waals surface area contributed by atoms with E-state index in [-0.39, 0.29) is 36.4 Å². The molecule has 1 aliphatic rings. The van der Waals surface area contributed by atoms with Gasteiger partial charge in [0.05, 0.1) is 0 Å². The quantitative estimate of drug-likeness (QED) is 0.832. The van der Waals surface area contributed by atoms with Crippen molar-refractivity contribution < 1.29 is 18.8 Å². The molecule has 7 heteroatoms. The van der Waals surface area contributed by atoms with E-state index >= 15 is 0 Å². The summed E-state index contributed by atoms with van der Waals surface area (Å²) in [6.45, 7) is 3.95. The number of carbonyl (C=O) groups is 3. The third-order valence-corrected chi connectivity index (χ3v) is 4.32. The highest BCUT2D eigenvalue weighted by Gasteiger charge is 2.22. The van der Waals surface area contributed by atoms with Crippen molar-refractivity contribution in [3.63, 3.8) is 0 Å². The van der Waals surface area contributed by atoms with Crippen LogP contribution in [0.4, 0.5) is 4.39 Å². The van der Waals surface area contributed by atoms with Gasteiger partial charge in [0.25, 0.3) is 0 Å². The Kier molecular flexibility index (Phi) is 6.91. The van der Waals surface area contributed by atoms with E-state index in [1.165, 1.54) is 13.0 Å². The highest BCUT2D eigenvalue weighted by Crippen LogP contribution is 2.07. The van der Waals surface area contributed by atoms with Crippen molar-refractivity contribution in [2.75, 3.05) is 32.7 Å². The van der Waals surface area contributed by atoms with Crippen LogP contribution in [0, 0.1) is 5.82 Å². The Labute approximate surface area is 147 Å². The number of nitrogens with one attached hydrogen (secondary N) is 1. The second kappa shape index (κ2) is 9.15. The molecule has 6 nitrogen and oxygen atoms in total. The monoisotopic (exact) mass is 349 g/mol. The van der Waals surface area contributed by atoms with Crippen molar-refractivity contribution in [1.82, 2.24) is 15.1 Å². The van der Waals surface area contributed by atoms with Crippen LogP contribution in [0.2, 0.25) is 0 Å². The van der Waals surface area contributed by atoms with E-state index in [1.54, 1.807) is 28.0 Å². The molecule has 3 amide bonds. The maximum Gasteiger partial charge on any atom is 0.223 e. The second-order valence-electron chi connectivity index (χ2n) is 6.08. The van der Waals surface area contributed by atoms with Gasteiger partial charge in [-0.15, -0.1) is 0 Å². The minimum absolute atomic E-state index is 0.0151. The Balaban J connectivity index is 1.64. The molecule has 2 rings (SSSR count). The first kappa shape index (κ1) is 18.9. The zero-order chi connectivity index (χ0) is 18.2. The summed E-state index contributed by atoms with van der Waals surface area (Å²) in [4.78, 5) is 38.6. The Morgan fingerprint density at radius 2 is 1.68 bits per heavy atom. The highest BCUT2D eigenvalue weighted by molar-refractivity contribution is 5.84. The number of piperazine rings is 1. The van der Waals surface area contributed by atoms with Gasteiger partial charge in [0.1, 0.15) is 5.82 Å². The van der Waals surface area contributed by atoms with Crippen LogP contribution in [0.15, 0.2) is 24.3 Å². The molecule has 1 saturated heterocycles. The Morgan fingerprint density at radius 3 is 2.32 bits per heavy atom. The smallest absolute Gasteiger partial charge is 0.223 e. The molecule has 0 aliphatic carbocycles. The highest BCUT2D eigenvalue weighted by atomic mass is 19.1. The number of amides is 3. The van der Waals surface area contributed by atoms with Crippen molar-refractivity contribution in [2.45, 2.75) is 26.2 Å². The predicted octanol–water partition coefficient (Wildman–Crippen LogP) is 0.955. The second-order valence-corrected chi connectivity index (χ2v) is 6.08. The van der Waals surface area contributed by atoms with Crippen molar-refractivity contribution in [3.05, 3.63) is 35.6 Å². The van der Waals surface area contributed by atoms with Gasteiger partial charge in [0, 0.05) is 52.5 Å². The fourth-order valence-corrected chi connectivity index (χ4v) is 2.78. The number of hydrogen-bond acceptors (Lipinski definition) is 3. The maximum atomic E-state index is 13.5. The van der Waals surface area contributed by atoms with Gasteiger partial charge >= 0.3 is 0 Å². The average molecular weight is 349 g/mol. The fraction of sp³-hybridized carbons (Fsp3) is 0.500. The topological polar surface area (TPSA) is 69.7 Å². The van der Waals surface area contributed by atoms with Gasteiger partial charge in [-0.2, -0.15) is 0 Å². The SMILES string of the molecule is CC(=O)N1CCN(C(=O)CCC(=O)NCCc2ccccc2F)CC1. The van der Waals surface area contributed by atoms with Crippen molar-refractivity contribution in [1.29, 1.82) is 0 Å². The van der Waals surface area contributed by atoms with Gasteiger partial charge in [-0.1, -0.05) is 18.2 Å². The van der Waals surface area contributed by atoms with Crippen LogP contribution < -0.4 is 5.32 Å². The Morgan fingerprint density at radius 1 is 1.04 bits per heavy atom. The molecule has 136 valence electrons. The average Bonchev–Trinajstić information content (AvgIpc) is 2.61. The molecule has 0 bridgehead atoms. The number of rotatable bonds is 6. The van der Waals surface area contributed by atoms with Gasteiger partial charge in [0.2, 0.25) is 17.7 Å². The first-order chi connectivity index (χ1) is 12.0. The molecule has 1 aromatic carbocycles. The summed E-state index contributed by atoms with van der Waals surface area (Å²) >= 11 is 0. The predicted molar refractivity (Wildman–Crippen MR) is 91.2 cm³/mol. The van der Waals surface area contributed by atoms with Crippen LogP contribution in [0.25, 0.3) is 0 Å². The van der Waals surface area contributed by atoms with E-state index < -0.39 is 0 Å². The lowest BCUT2D eigenvalue weighted by atomic mass is 10.1. The number of carbonyl (C=O) groups excluding carboxylic acids is 3. The van der Waals surface area contributed by atoms with E-state index in [1.807, 2.05) is 0 Å². The number of hydrogen-bond donors (Lipinski definition) is 1. The summed E-state index contributed by atoms with van der Waals surface area (Å²) in [6, 6.07) is 6.46. The number of nitrogens with zero attached hydrogens (tertiary/aromatic N) is 2. The van der Waals surface area contributed by atoms with Crippen LogP contribution >= 0.6 is 0 Å². The van der Waals surface area contributed by atoms with Crippen LogP contribution in [0.3, 0.4) is 0 Å². The summed E-state index contributed by atoms with van der Waals surface area (Å²) in [5.74, 6) is -0.558. The summed E-state index contributed by atoms with van der Waals surface area (Å²) in [6.07, 6.45) is 0.675. The number of benzene rings is 1. The third-order valence-electron chi connectivity index (χ3n) is 4.32. The Hall–Kier alpha value is -2.44. The zero-order valence-electron chi connectivity index (χ0n) is 14.5. The lowest BCUT2D eigenvalue weighted by molar-refractivity contribution is -0.139. The molecule has 0 atom stereocenters. The normalized spacial score (nSPS) is 14.3. The van der Waals surface area contributed by atoms with Gasteiger partial charge < -0.3 is 15.1 Å². The first-order valence-corrected chi connectivity index (χ1v) is 8.51. The standard InChI is InChI=1S/C18H24FN3O3/c1-14(23)21-10-12-22(13-11-21)18(25)7-6-17(24)20-9-8-15-4-2-3-5-16(15)19/h2-5H,6-13H2,1H3,(H,20,24). The van der Waals surface area contributed by atoms with Gasteiger partial charge in [-0.25, -0.2) is 4.39 Å². The molecular weight excluding hydrogens is 325 g/mol. The number of halogens is 1. The van der Waals surface area contributed by atoms with Crippen LogP contribution in [-0.4, -0.2) is 60.2 Å². The van der Waals surface area contributed by atoms with Gasteiger partial charge in [-0.3, -0.25) is 14.4 Å². The third kappa shape index (κ3) is 5.85. The van der Waals surface area contributed by atoms with E-state index in [9.17, 15) is 18.8 Å². The van der Waals surface area contributed by atoms with Gasteiger partial charge in [-0.05, 0) is 18.1 Å².